The molecule has 0 aliphatic rings. The van der Waals surface area contributed by atoms with Gasteiger partial charge in [0.2, 0.25) is 0 Å². The first-order chi connectivity index (χ1) is 9.79. The van der Waals surface area contributed by atoms with E-state index in [9.17, 15) is 23.1 Å². The smallest absolute Gasteiger partial charge is 0.418 e. The van der Waals surface area contributed by atoms with Gasteiger partial charge in [-0.25, -0.2) is 0 Å². The summed E-state index contributed by atoms with van der Waals surface area (Å²) in [6, 6.07) is 9.01. The lowest BCUT2D eigenvalue weighted by Crippen LogP contribution is -2.16. The first-order valence-electron chi connectivity index (χ1n) is 5.75. The van der Waals surface area contributed by atoms with E-state index in [2.05, 4.69) is 21.2 Å². The summed E-state index contributed by atoms with van der Waals surface area (Å²) in [6.07, 6.45) is -4.61. The lowest BCUT2D eigenvalue weighted by molar-refractivity contribution is -0.136. The van der Waals surface area contributed by atoms with Gasteiger partial charge in [0.05, 0.1) is 16.8 Å². The van der Waals surface area contributed by atoms with Gasteiger partial charge in [0.25, 0.3) is 5.91 Å². The molecule has 0 heterocycles. The summed E-state index contributed by atoms with van der Waals surface area (Å²) in [7, 11) is 0. The van der Waals surface area contributed by atoms with Crippen molar-refractivity contribution in [1.82, 2.24) is 0 Å². The number of alkyl halides is 3. The van der Waals surface area contributed by atoms with Gasteiger partial charge in [0.1, 0.15) is 5.75 Å². The molecule has 3 nitrogen and oxygen atoms in total. The van der Waals surface area contributed by atoms with Gasteiger partial charge in [0, 0.05) is 4.47 Å². The molecule has 1 amide bonds. The Bertz CT molecular complexity index is 686. The maximum Gasteiger partial charge on any atom is 0.418 e. The summed E-state index contributed by atoms with van der Waals surface area (Å²) in [5, 5.41) is 11.7. The van der Waals surface area contributed by atoms with Crippen LogP contribution in [0.1, 0.15) is 15.9 Å². The summed E-state index contributed by atoms with van der Waals surface area (Å²) in [6.45, 7) is 0. The van der Waals surface area contributed by atoms with Crippen LogP contribution in [0.3, 0.4) is 0 Å². The predicted molar refractivity (Wildman–Crippen MR) is 75.2 cm³/mol. The number of benzene rings is 2. The molecule has 0 aliphatic heterocycles. The molecule has 0 saturated carbocycles. The Labute approximate surface area is 126 Å². The zero-order chi connectivity index (χ0) is 15.6. The average Bonchev–Trinajstić information content (AvgIpc) is 2.40. The van der Waals surface area contributed by atoms with Gasteiger partial charge >= 0.3 is 6.18 Å². The number of phenolic OH excluding ortho intramolecular Hbond substituents is 1. The Morgan fingerprint density at radius 3 is 2.43 bits per heavy atom. The molecule has 0 bridgehead atoms. The average molecular weight is 360 g/mol. The normalized spacial score (nSPS) is 11.2. The standard InChI is InChI=1S/C14H9BrF3NO2/c15-8-5-6-11(10(7-8)14(16,17)18)19-13(21)9-3-1-2-4-12(9)20/h1-7,20H,(H,19,21). The number of para-hydroxylation sites is 1. The maximum atomic E-state index is 12.9. The highest BCUT2D eigenvalue weighted by molar-refractivity contribution is 9.10. The summed E-state index contributed by atoms with van der Waals surface area (Å²) < 4.78 is 39.1. The molecule has 0 radical (unpaired) electrons. The van der Waals surface area contributed by atoms with Crippen LogP contribution in [0.25, 0.3) is 0 Å². The van der Waals surface area contributed by atoms with Crippen molar-refractivity contribution in [1.29, 1.82) is 0 Å². The maximum absolute atomic E-state index is 12.9. The zero-order valence-corrected chi connectivity index (χ0v) is 12.0. The summed E-state index contributed by atoms with van der Waals surface area (Å²) in [5.74, 6) is -1.12. The second kappa shape index (κ2) is 5.77. The summed E-state index contributed by atoms with van der Waals surface area (Å²) in [5.41, 5.74) is -1.45. The number of halogens is 4. The van der Waals surface area contributed by atoms with Crippen molar-refractivity contribution in [2.45, 2.75) is 6.18 Å². The number of hydrogen-bond donors (Lipinski definition) is 2. The van der Waals surface area contributed by atoms with Crippen LogP contribution in [0.4, 0.5) is 18.9 Å². The molecule has 0 aromatic heterocycles. The summed E-state index contributed by atoms with van der Waals surface area (Å²) in [4.78, 5) is 11.9. The fourth-order valence-corrected chi connectivity index (χ4v) is 2.08. The molecular formula is C14H9BrF3NO2. The van der Waals surface area contributed by atoms with E-state index in [1.54, 1.807) is 0 Å². The molecule has 0 saturated heterocycles. The molecule has 0 aliphatic carbocycles. The van der Waals surface area contributed by atoms with Crippen LogP contribution in [-0.4, -0.2) is 11.0 Å². The predicted octanol–water partition coefficient (Wildman–Crippen LogP) is 4.43. The fourth-order valence-electron chi connectivity index (χ4n) is 1.72. The quantitative estimate of drug-likeness (QED) is 0.833. The highest BCUT2D eigenvalue weighted by atomic mass is 79.9. The second-order valence-electron chi connectivity index (χ2n) is 4.16. The highest BCUT2D eigenvalue weighted by Gasteiger charge is 2.34. The molecule has 2 rings (SSSR count). The minimum absolute atomic E-state index is 0.103. The van der Waals surface area contributed by atoms with Crippen LogP contribution in [0.15, 0.2) is 46.9 Å². The minimum Gasteiger partial charge on any atom is -0.507 e. The molecule has 0 atom stereocenters. The van der Waals surface area contributed by atoms with Crippen molar-refractivity contribution >= 4 is 27.5 Å². The first kappa shape index (κ1) is 15.4. The van der Waals surface area contributed by atoms with E-state index in [0.29, 0.717) is 0 Å². The van der Waals surface area contributed by atoms with Crippen molar-refractivity contribution in [3.8, 4) is 5.75 Å². The van der Waals surface area contributed by atoms with Gasteiger partial charge in [-0.05, 0) is 30.3 Å². The number of amides is 1. The van der Waals surface area contributed by atoms with Gasteiger partial charge in [-0.1, -0.05) is 28.1 Å². The molecule has 0 unspecified atom stereocenters. The van der Waals surface area contributed by atoms with E-state index >= 15 is 0 Å². The third kappa shape index (κ3) is 3.55. The van der Waals surface area contributed by atoms with Crippen LogP contribution in [0.2, 0.25) is 0 Å². The van der Waals surface area contributed by atoms with E-state index in [1.807, 2.05) is 0 Å². The minimum atomic E-state index is -4.61. The van der Waals surface area contributed by atoms with Crippen molar-refractivity contribution < 1.29 is 23.1 Å². The van der Waals surface area contributed by atoms with Gasteiger partial charge in [0.15, 0.2) is 0 Å². The van der Waals surface area contributed by atoms with E-state index in [1.165, 1.54) is 30.3 Å². The largest absolute Gasteiger partial charge is 0.507 e. The van der Waals surface area contributed by atoms with Gasteiger partial charge in [-0.2, -0.15) is 13.2 Å². The molecule has 0 spiro atoms. The molecule has 0 fully saturated rings. The molecule has 2 aromatic carbocycles. The topological polar surface area (TPSA) is 49.3 Å². The van der Waals surface area contributed by atoms with Crippen LogP contribution in [0.5, 0.6) is 5.75 Å². The third-order valence-corrected chi connectivity index (χ3v) is 3.18. The Balaban J connectivity index is 2.36. The third-order valence-electron chi connectivity index (χ3n) is 2.68. The van der Waals surface area contributed by atoms with E-state index in [4.69, 9.17) is 0 Å². The highest BCUT2D eigenvalue weighted by Crippen LogP contribution is 2.36. The molecular weight excluding hydrogens is 351 g/mol. The van der Waals surface area contributed by atoms with Crippen molar-refractivity contribution in [3.63, 3.8) is 0 Å². The van der Waals surface area contributed by atoms with Crippen molar-refractivity contribution in [2.75, 3.05) is 5.32 Å². The Morgan fingerprint density at radius 2 is 1.81 bits per heavy atom. The number of nitrogens with one attached hydrogen (secondary N) is 1. The number of anilines is 1. The van der Waals surface area contributed by atoms with Gasteiger partial charge in [-0.15, -0.1) is 0 Å². The number of phenols is 1. The fraction of sp³-hybridized carbons (Fsp3) is 0.0714. The van der Waals surface area contributed by atoms with Gasteiger partial charge < -0.3 is 10.4 Å². The van der Waals surface area contributed by atoms with E-state index < -0.39 is 17.6 Å². The molecule has 7 heteroatoms. The summed E-state index contributed by atoms with van der Waals surface area (Å²) >= 11 is 2.96. The number of hydrogen-bond acceptors (Lipinski definition) is 2. The van der Waals surface area contributed by atoms with E-state index in [0.717, 1.165) is 12.1 Å². The monoisotopic (exact) mass is 359 g/mol. The second-order valence-corrected chi connectivity index (χ2v) is 5.07. The van der Waals surface area contributed by atoms with E-state index in [-0.39, 0.29) is 21.5 Å². The van der Waals surface area contributed by atoms with Crippen molar-refractivity contribution in [3.05, 3.63) is 58.1 Å². The number of carbonyl (C=O) groups excluding carboxylic acids is 1. The Morgan fingerprint density at radius 1 is 1.14 bits per heavy atom. The molecule has 21 heavy (non-hydrogen) atoms. The molecule has 110 valence electrons. The SMILES string of the molecule is O=C(Nc1ccc(Br)cc1C(F)(F)F)c1ccccc1O. The lowest BCUT2D eigenvalue weighted by Gasteiger charge is -2.14. The zero-order valence-electron chi connectivity index (χ0n) is 10.4. The number of aromatic hydroxyl groups is 1. The van der Waals surface area contributed by atoms with Crippen LogP contribution in [0, 0.1) is 0 Å². The Kier molecular flexibility index (Phi) is 4.22. The van der Waals surface area contributed by atoms with Crippen LogP contribution in [-0.2, 0) is 6.18 Å². The first-order valence-corrected chi connectivity index (χ1v) is 6.54. The van der Waals surface area contributed by atoms with Gasteiger partial charge in [-0.3, -0.25) is 4.79 Å². The van der Waals surface area contributed by atoms with Crippen molar-refractivity contribution in [2.24, 2.45) is 0 Å². The van der Waals surface area contributed by atoms with Crippen LogP contribution < -0.4 is 5.32 Å². The number of rotatable bonds is 2. The lowest BCUT2D eigenvalue weighted by atomic mass is 10.1. The molecule has 2 aromatic rings. The Hall–Kier alpha value is -2.02. The van der Waals surface area contributed by atoms with Crippen LogP contribution >= 0.6 is 15.9 Å². The molecule has 2 N–H and O–H groups in total. The number of carbonyl (C=O) groups is 1.